The Morgan fingerprint density at radius 1 is 1.27 bits per heavy atom. The fourth-order valence-corrected chi connectivity index (χ4v) is 2.98. The molecule has 0 saturated heterocycles. The molecule has 1 aliphatic rings. The van der Waals surface area contributed by atoms with Crippen molar-refractivity contribution < 1.29 is 4.52 Å². The van der Waals surface area contributed by atoms with E-state index in [0.717, 1.165) is 30.5 Å². The normalized spacial score (nSPS) is 19.2. The van der Waals surface area contributed by atoms with Gasteiger partial charge in [0.1, 0.15) is 6.54 Å². The molecule has 3 rings (SSSR count). The fraction of sp³-hybridized carbons (Fsp3) is 0.500. The summed E-state index contributed by atoms with van der Waals surface area (Å²) < 4.78 is 5.35. The summed E-state index contributed by atoms with van der Waals surface area (Å²) in [7, 11) is 0. The first kappa shape index (κ1) is 20.7. The summed E-state index contributed by atoms with van der Waals surface area (Å²) in [6, 6.07) is 12.7. The van der Waals surface area contributed by atoms with Crippen LogP contribution in [0.2, 0.25) is 0 Å². The van der Waals surface area contributed by atoms with Crippen molar-refractivity contribution in [3.63, 3.8) is 0 Å². The molecule has 2 aromatic rings. The summed E-state index contributed by atoms with van der Waals surface area (Å²) in [6.45, 7) is 8.57. The minimum Gasteiger partial charge on any atom is -0.359 e. The number of hydrogen-bond donors (Lipinski definition) is 2. The molecule has 2 N–H and O–H groups in total. The Hall–Kier alpha value is -1.57. The second-order valence-corrected chi connectivity index (χ2v) is 6.96. The van der Waals surface area contributed by atoms with Gasteiger partial charge >= 0.3 is 0 Å². The summed E-state index contributed by atoms with van der Waals surface area (Å²) in [5, 5.41) is 10.8. The smallest absolute Gasteiger partial charge is 0.191 e. The Morgan fingerprint density at radius 3 is 2.69 bits per heavy atom. The van der Waals surface area contributed by atoms with E-state index >= 15 is 0 Å². The van der Waals surface area contributed by atoms with E-state index in [0.29, 0.717) is 24.3 Å². The van der Waals surface area contributed by atoms with Gasteiger partial charge in [0.15, 0.2) is 11.7 Å². The molecule has 1 aliphatic carbocycles. The van der Waals surface area contributed by atoms with Gasteiger partial charge in [-0.25, -0.2) is 4.99 Å². The van der Waals surface area contributed by atoms with Gasteiger partial charge in [-0.15, -0.1) is 24.0 Å². The highest BCUT2D eigenvalue weighted by Crippen LogP contribution is 2.46. The van der Waals surface area contributed by atoms with E-state index in [2.05, 4.69) is 71.9 Å². The third kappa shape index (κ3) is 5.72. The zero-order valence-electron chi connectivity index (χ0n) is 15.7. The lowest BCUT2D eigenvalue weighted by molar-refractivity contribution is 0.376. The molecule has 1 heterocycles. The van der Waals surface area contributed by atoms with Crippen LogP contribution in [0.25, 0.3) is 0 Å². The summed E-state index contributed by atoms with van der Waals surface area (Å²) >= 11 is 0. The highest BCUT2D eigenvalue weighted by atomic mass is 127. The molecule has 1 aromatic carbocycles. The van der Waals surface area contributed by atoms with Gasteiger partial charge in [-0.05, 0) is 36.7 Å². The quantitative estimate of drug-likeness (QED) is 0.362. The third-order valence-electron chi connectivity index (χ3n) is 4.59. The molecular formula is C20H29IN4O. The number of guanidine groups is 1. The van der Waals surface area contributed by atoms with Crippen LogP contribution in [0.4, 0.5) is 0 Å². The van der Waals surface area contributed by atoms with Crippen LogP contribution in [0, 0.1) is 5.92 Å². The fourth-order valence-electron chi connectivity index (χ4n) is 2.98. The van der Waals surface area contributed by atoms with Crippen molar-refractivity contribution in [2.24, 2.45) is 10.9 Å². The van der Waals surface area contributed by atoms with Gasteiger partial charge in [0, 0.05) is 19.2 Å². The van der Waals surface area contributed by atoms with E-state index in [1.807, 2.05) is 6.07 Å². The Kier molecular flexibility index (Phi) is 7.93. The van der Waals surface area contributed by atoms with E-state index in [4.69, 9.17) is 4.52 Å². The molecule has 5 nitrogen and oxygen atoms in total. The maximum atomic E-state index is 5.35. The molecule has 1 saturated carbocycles. The zero-order valence-corrected chi connectivity index (χ0v) is 18.1. The maximum absolute atomic E-state index is 5.35. The van der Waals surface area contributed by atoms with Crippen molar-refractivity contribution >= 4 is 29.9 Å². The lowest BCUT2D eigenvalue weighted by Crippen LogP contribution is -2.38. The molecular weight excluding hydrogens is 439 g/mol. The first-order chi connectivity index (χ1) is 12.2. The van der Waals surface area contributed by atoms with E-state index in [-0.39, 0.29) is 24.0 Å². The Bertz CT molecular complexity index is 699. The first-order valence-electron chi connectivity index (χ1n) is 9.20. The maximum Gasteiger partial charge on any atom is 0.191 e. The molecule has 2 atom stereocenters. The first-order valence-corrected chi connectivity index (χ1v) is 9.20. The van der Waals surface area contributed by atoms with Crippen LogP contribution in [0.3, 0.4) is 0 Å². The van der Waals surface area contributed by atoms with Crippen molar-refractivity contribution in [2.75, 3.05) is 13.1 Å². The van der Waals surface area contributed by atoms with Gasteiger partial charge in [-0.2, -0.15) is 0 Å². The molecule has 0 amide bonds. The Balaban J connectivity index is 0.00000243. The van der Waals surface area contributed by atoms with Crippen LogP contribution >= 0.6 is 24.0 Å². The number of hydrogen-bond acceptors (Lipinski definition) is 3. The largest absolute Gasteiger partial charge is 0.359 e. The molecule has 0 bridgehead atoms. The number of nitrogens with zero attached hydrogens (tertiary/aromatic N) is 2. The van der Waals surface area contributed by atoms with E-state index in [1.54, 1.807) is 0 Å². The van der Waals surface area contributed by atoms with Gasteiger partial charge in [0.05, 0.1) is 5.69 Å². The summed E-state index contributed by atoms with van der Waals surface area (Å²) in [5.74, 6) is 3.37. The van der Waals surface area contributed by atoms with Crippen molar-refractivity contribution in [3.05, 3.63) is 53.4 Å². The standard InChI is InChI=1S/C20H28N4O.HI/c1-4-21-20(23-13-17-11-19(14(2)3)24-25-17)22-12-16-10-18(16)15-8-6-5-7-9-15;/h5-9,11,14,16,18H,4,10,12-13H2,1-3H3,(H2,21,22,23);1H. The van der Waals surface area contributed by atoms with Gasteiger partial charge in [-0.3, -0.25) is 0 Å². The average molecular weight is 468 g/mol. The molecule has 26 heavy (non-hydrogen) atoms. The Morgan fingerprint density at radius 2 is 2.04 bits per heavy atom. The lowest BCUT2D eigenvalue weighted by Gasteiger charge is -2.10. The van der Waals surface area contributed by atoms with Crippen molar-refractivity contribution in [1.82, 2.24) is 15.8 Å². The van der Waals surface area contributed by atoms with Crippen LogP contribution in [0.1, 0.15) is 56.0 Å². The zero-order chi connectivity index (χ0) is 17.6. The van der Waals surface area contributed by atoms with Gasteiger partial charge in [-0.1, -0.05) is 49.3 Å². The number of nitrogens with one attached hydrogen (secondary N) is 2. The van der Waals surface area contributed by atoms with Crippen molar-refractivity contribution in [2.45, 2.75) is 45.6 Å². The SMILES string of the molecule is CCNC(=NCc1cc(C(C)C)no1)NCC1CC1c1ccccc1.I. The van der Waals surface area contributed by atoms with Crippen LogP contribution < -0.4 is 10.6 Å². The Labute approximate surface area is 173 Å². The second kappa shape index (κ2) is 9.94. The molecule has 0 aliphatic heterocycles. The summed E-state index contributed by atoms with van der Waals surface area (Å²) in [5.41, 5.74) is 2.42. The van der Waals surface area contributed by atoms with Gasteiger partial charge < -0.3 is 15.2 Å². The van der Waals surface area contributed by atoms with Crippen LogP contribution in [-0.2, 0) is 6.54 Å². The predicted octanol–water partition coefficient (Wildman–Crippen LogP) is 4.27. The number of aliphatic imine (C=N–C) groups is 1. The minimum atomic E-state index is 0. The lowest BCUT2D eigenvalue weighted by atomic mass is 10.1. The molecule has 142 valence electrons. The molecule has 6 heteroatoms. The van der Waals surface area contributed by atoms with Crippen molar-refractivity contribution in [1.29, 1.82) is 0 Å². The highest BCUT2D eigenvalue weighted by molar-refractivity contribution is 14.0. The van der Waals surface area contributed by atoms with E-state index < -0.39 is 0 Å². The molecule has 2 unspecified atom stereocenters. The van der Waals surface area contributed by atoms with E-state index in [9.17, 15) is 0 Å². The predicted molar refractivity (Wildman–Crippen MR) is 116 cm³/mol. The molecule has 1 fully saturated rings. The minimum absolute atomic E-state index is 0. The molecule has 0 spiro atoms. The summed E-state index contributed by atoms with van der Waals surface area (Å²) in [6.07, 6.45) is 1.25. The van der Waals surface area contributed by atoms with Gasteiger partial charge in [0.2, 0.25) is 0 Å². The summed E-state index contributed by atoms with van der Waals surface area (Å²) in [4.78, 5) is 4.61. The number of rotatable bonds is 7. The number of halogens is 1. The molecule has 1 aromatic heterocycles. The van der Waals surface area contributed by atoms with E-state index in [1.165, 1.54) is 12.0 Å². The van der Waals surface area contributed by atoms with Gasteiger partial charge in [0.25, 0.3) is 0 Å². The topological polar surface area (TPSA) is 62.5 Å². The van der Waals surface area contributed by atoms with Crippen LogP contribution in [-0.4, -0.2) is 24.2 Å². The number of aromatic nitrogens is 1. The highest BCUT2D eigenvalue weighted by Gasteiger charge is 2.37. The van der Waals surface area contributed by atoms with Crippen LogP contribution in [0.5, 0.6) is 0 Å². The number of benzene rings is 1. The average Bonchev–Trinajstić information content (AvgIpc) is 3.24. The monoisotopic (exact) mass is 468 g/mol. The second-order valence-electron chi connectivity index (χ2n) is 6.96. The van der Waals surface area contributed by atoms with Crippen molar-refractivity contribution in [3.8, 4) is 0 Å². The third-order valence-corrected chi connectivity index (χ3v) is 4.59. The molecule has 0 radical (unpaired) electrons. The van der Waals surface area contributed by atoms with Crippen LogP contribution in [0.15, 0.2) is 45.9 Å².